The first-order valence-corrected chi connectivity index (χ1v) is 22.3. The van der Waals surface area contributed by atoms with Gasteiger partial charge in [0.2, 0.25) is 0 Å². The van der Waals surface area contributed by atoms with Crippen LogP contribution in [0.3, 0.4) is 0 Å². The van der Waals surface area contributed by atoms with Crippen LogP contribution in [0.25, 0.3) is 0 Å². The lowest BCUT2D eigenvalue weighted by Crippen LogP contribution is -2.29. The monoisotopic (exact) mass is 675 g/mol. The molecule has 286 valence electrons. The van der Waals surface area contributed by atoms with E-state index in [0.717, 1.165) is 0 Å². The molecule has 3 unspecified atom stereocenters. The van der Waals surface area contributed by atoms with Crippen LogP contribution in [0.15, 0.2) is 12.2 Å². The predicted molar refractivity (Wildman–Crippen MR) is 216 cm³/mol. The second kappa shape index (κ2) is 37.5. The quantitative estimate of drug-likeness (QED) is 0.0368. The molecule has 2 heteroatoms. The van der Waals surface area contributed by atoms with Gasteiger partial charge in [0.25, 0.3) is 0 Å². The van der Waals surface area contributed by atoms with Gasteiger partial charge in [-0.25, -0.2) is 4.79 Å². The molecule has 0 bridgehead atoms. The minimum absolute atomic E-state index is 0.0219. The van der Waals surface area contributed by atoms with Crippen molar-refractivity contribution in [2.24, 2.45) is 11.8 Å². The molecule has 0 radical (unpaired) electrons. The summed E-state index contributed by atoms with van der Waals surface area (Å²) in [5.41, 5.74) is 0.517. The van der Waals surface area contributed by atoms with Gasteiger partial charge in [0.05, 0.1) is 0 Å². The van der Waals surface area contributed by atoms with Gasteiger partial charge in [0, 0.05) is 5.57 Å². The van der Waals surface area contributed by atoms with E-state index in [9.17, 15) is 4.79 Å². The summed E-state index contributed by atoms with van der Waals surface area (Å²) in [5, 5.41) is 0. The Morgan fingerprint density at radius 3 is 0.958 bits per heavy atom. The second-order valence-electron chi connectivity index (χ2n) is 16.1. The first kappa shape index (κ1) is 47.2. The molecule has 48 heavy (non-hydrogen) atoms. The third kappa shape index (κ3) is 32.4. The van der Waals surface area contributed by atoms with Gasteiger partial charge in [0.15, 0.2) is 0 Å². The second-order valence-corrected chi connectivity index (χ2v) is 16.1. The van der Waals surface area contributed by atoms with Crippen LogP contribution < -0.4 is 0 Å². The highest BCUT2D eigenvalue weighted by Gasteiger charge is 2.26. The standard InChI is InChI=1S/C46H90O2/c1-7-9-11-13-15-17-19-21-23-25-26-28-30-32-34-36-38-40-43(5)45(44(6)48-46(47)42(3)4)41-39-37-35-33-31-29-27-24-22-20-18-16-14-12-10-8-2/h43-45H,3,7-41H2,1-2,4-6H3. The van der Waals surface area contributed by atoms with E-state index in [1.807, 2.05) is 0 Å². The Hall–Kier alpha value is -0.790. The van der Waals surface area contributed by atoms with Crippen LogP contribution in [0, 0.1) is 11.8 Å². The molecule has 0 aromatic heterocycles. The van der Waals surface area contributed by atoms with Gasteiger partial charge in [-0.3, -0.25) is 0 Å². The average molecular weight is 675 g/mol. The Morgan fingerprint density at radius 2 is 0.688 bits per heavy atom. The first-order chi connectivity index (χ1) is 23.4. The molecule has 0 saturated heterocycles. The number of rotatable bonds is 39. The Kier molecular flexibility index (Phi) is 36.8. The molecule has 0 aliphatic heterocycles. The summed E-state index contributed by atoms with van der Waals surface area (Å²) >= 11 is 0. The number of ether oxygens (including phenoxy) is 1. The van der Waals surface area contributed by atoms with Crippen LogP contribution in [0.5, 0.6) is 0 Å². The zero-order valence-corrected chi connectivity index (χ0v) is 34.0. The molecule has 0 aromatic carbocycles. The van der Waals surface area contributed by atoms with Crippen LogP contribution in [0.2, 0.25) is 0 Å². The fraction of sp³-hybridized carbons (Fsp3) is 0.935. The molecule has 0 aromatic rings. The van der Waals surface area contributed by atoms with Gasteiger partial charge in [-0.05, 0) is 32.1 Å². The Balaban J connectivity index is 3.97. The van der Waals surface area contributed by atoms with E-state index in [-0.39, 0.29) is 12.1 Å². The van der Waals surface area contributed by atoms with Crippen molar-refractivity contribution in [2.45, 2.75) is 265 Å². The van der Waals surface area contributed by atoms with E-state index in [1.165, 1.54) is 225 Å². The van der Waals surface area contributed by atoms with Crippen LogP contribution in [0.1, 0.15) is 259 Å². The third-order valence-electron chi connectivity index (χ3n) is 11.1. The number of esters is 1. The molecular weight excluding hydrogens is 585 g/mol. The maximum absolute atomic E-state index is 12.3. The Labute approximate surface area is 304 Å². The van der Waals surface area contributed by atoms with Crippen molar-refractivity contribution in [1.82, 2.24) is 0 Å². The predicted octanol–water partition coefficient (Wildman–Crippen LogP) is 16.4. The van der Waals surface area contributed by atoms with Crippen LogP contribution >= 0.6 is 0 Å². The Bertz CT molecular complexity index is 669. The number of hydrogen-bond donors (Lipinski definition) is 0. The third-order valence-corrected chi connectivity index (χ3v) is 11.1. The topological polar surface area (TPSA) is 26.3 Å². The summed E-state index contributed by atoms with van der Waals surface area (Å²) in [7, 11) is 0. The van der Waals surface area contributed by atoms with Crippen molar-refractivity contribution >= 4 is 5.97 Å². The maximum atomic E-state index is 12.3. The fourth-order valence-electron chi connectivity index (χ4n) is 7.67. The van der Waals surface area contributed by atoms with E-state index in [2.05, 4.69) is 34.3 Å². The maximum Gasteiger partial charge on any atom is 0.333 e. The smallest absolute Gasteiger partial charge is 0.333 e. The summed E-state index contributed by atoms with van der Waals surface area (Å²) in [4.78, 5) is 12.3. The van der Waals surface area contributed by atoms with Crippen LogP contribution in [-0.4, -0.2) is 12.1 Å². The van der Waals surface area contributed by atoms with E-state index in [1.54, 1.807) is 6.92 Å². The summed E-state index contributed by atoms with van der Waals surface area (Å²) < 4.78 is 5.87. The summed E-state index contributed by atoms with van der Waals surface area (Å²) in [6, 6.07) is 0. The molecule has 0 aliphatic carbocycles. The molecule has 0 heterocycles. The van der Waals surface area contributed by atoms with Crippen molar-refractivity contribution in [3.63, 3.8) is 0 Å². The SMILES string of the molecule is C=C(C)C(=O)OC(C)C(CCCCCCCCCCCCCCCCCC)C(C)CCCCCCCCCCCCCCCCCCC. The van der Waals surface area contributed by atoms with E-state index in [0.29, 0.717) is 17.4 Å². The normalized spacial score (nSPS) is 13.4. The van der Waals surface area contributed by atoms with Crippen molar-refractivity contribution in [2.75, 3.05) is 0 Å². The lowest BCUT2D eigenvalue weighted by molar-refractivity contribution is -0.147. The molecule has 0 aliphatic rings. The average Bonchev–Trinajstić information content (AvgIpc) is 3.07. The van der Waals surface area contributed by atoms with Crippen molar-refractivity contribution in [1.29, 1.82) is 0 Å². The van der Waals surface area contributed by atoms with Crippen LogP contribution in [0.4, 0.5) is 0 Å². The molecule has 0 fully saturated rings. The molecule has 0 amide bonds. The summed E-state index contributed by atoms with van der Waals surface area (Å²) in [6.45, 7) is 14.7. The highest BCUT2D eigenvalue weighted by molar-refractivity contribution is 5.87. The molecule has 0 spiro atoms. The molecule has 0 saturated carbocycles. The van der Waals surface area contributed by atoms with E-state index >= 15 is 0 Å². The van der Waals surface area contributed by atoms with Crippen molar-refractivity contribution in [3.8, 4) is 0 Å². The minimum Gasteiger partial charge on any atom is -0.459 e. The molecule has 3 atom stereocenters. The van der Waals surface area contributed by atoms with Crippen LogP contribution in [-0.2, 0) is 9.53 Å². The zero-order chi connectivity index (χ0) is 35.3. The zero-order valence-electron chi connectivity index (χ0n) is 34.0. The van der Waals surface area contributed by atoms with Gasteiger partial charge in [-0.15, -0.1) is 0 Å². The molecule has 0 rings (SSSR count). The lowest BCUT2D eigenvalue weighted by Gasteiger charge is -2.30. The van der Waals surface area contributed by atoms with Gasteiger partial charge in [-0.1, -0.05) is 246 Å². The lowest BCUT2D eigenvalue weighted by atomic mass is 9.82. The highest BCUT2D eigenvalue weighted by atomic mass is 16.5. The summed E-state index contributed by atoms with van der Waals surface area (Å²) in [6.07, 6.45) is 49.1. The van der Waals surface area contributed by atoms with Gasteiger partial charge >= 0.3 is 5.97 Å². The number of unbranched alkanes of at least 4 members (excludes halogenated alkanes) is 31. The van der Waals surface area contributed by atoms with Crippen molar-refractivity contribution < 1.29 is 9.53 Å². The number of carbonyl (C=O) groups excluding carboxylic acids is 1. The largest absolute Gasteiger partial charge is 0.459 e. The summed E-state index contributed by atoms with van der Waals surface area (Å²) in [5.74, 6) is 0.844. The molecule has 2 nitrogen and oxygen atoms in total. The fourth-order valence-corrected chi connectivity index (χ4v) is 7.67. The molecular formula is C46H90O2. The Morgan fingerprint density at radius 1 is 0.438 bits per heavy atom. The van der Waals surface area contributed by atoms with E-state index < -0.39 is 0 Å². The number of hydrogen-bond acceptors (Lipinski definition) is 2. The highest BCUT2D eigenvalue weighted by Crippen LogP contribution is 2.30. The van der Waals surface area contributed by atoms with E-state index in [4.69, 9.17) is 4.74 Å². The first-order valence-electron chi connectivity index (χ1n) is 22.3. The number of carbonyl (C=O) groups is 1. The van der Waals surface area contributed by atoms with Gasteiger partial charge < -0.3 is 4.74 Å². The molecule has 0 N–H and O–H groups in total. The minimum atomic E-state index is -0.218. The van der Waals surface area contributed by atoms with Crippen molar-refractivity contribution in [3.05, 3.63) is 12.2 Å². The van der Waals surface area contributed by atoms with Gasteiger partial charge in [-0.2, -0.15) is 0 Å². The van der Waals surface area contributed by atoms with Gasteiger partial charge in [0.1, 0.15) is 6.10 Å².